The molecule has 7 heteroatoms. The summed E-state index contributed by atoms with van der Waals surface area (Å²) < 4.78 is 21.8. The minimum absolute atomic E-state index is 0.515. The normalized spacial score (nSPS) is 10.4. The number of thiocarbonyl (C=S) groups is 1. The summed E-state index contributed by atoms with van der Waals surface area (Å²) in [6.45, 7) is 3.09. The molecule has 0 saturated carbocycles. The minimum atomic E-state index is 0.515. The van der Waals surface area contributed by atoms with Gasteiger partial charge in [0.25, 0.3) is 0 Å². The van der Waals surface area contributed by atoms with Gasteiger partial charge in [0.05, 0.1) is 39.8 Å². The van der Waals surface area contributed by atoms with Crippen molar-refractivity contribution < 1.29 is 18.6 Å². The van der Waals surface area contributed by atoms with Crippen LogP contribution >= 0.6 is 12.2 Å². The predicted octanol–water partition coefficient (Wildman–Crippen LogP) is 5.01. The van der Waals surface area contributed by atoms with Crippen LogP contribution in [0.1, 0.15) is 16.9 Å². The highest BCUT2D eigenvalue weighted by molar-refractivity contribution is 7.80. The zero-order chi connectivity index (χ0) is 21.5. The first-order valence-corrected chi connectivity index (χ1v) is 9.88. The van der Waals surface area contributed by atoms with Crippen LogP contribution in [0, 0.1) is 6.92 Å². The Morgan fingerprint density at radius 2 is 1.70 bits per heavy atom. The molecule has 0 saturated heterocycles. The fraction of sp³-hybridized carbons (Fsp3) is 0.261. The van der Waals surface area contributed by atoms with E-state index < -0.39 is 0 Å². The second-order valence-electron chi connectivity index (χ2n) is 6.76. The number of furan rings is 1. The van der Waals surface area contributed by atoms with Crippen LogP contribution in [0.2, 0.25) is 0 Å². The molecule has 0 bridgehead atoms. The summed E-state index contributed by atoms with van der Waals surface area (Å²) in [7, 11) is 4.89. The lowest BCUT2D eigenvalue weighted by Crippen LogP contribution is -2.33. The van der Waals surface area contributed by atoms with Gasteiger partial charge in [-0.2, -0.15) is 0 Å². The Kier molecular flexibility index (Phi) is 7.19. The maximum Gasteiger partial charge on any atom is 0.174 e. The highest BCUT2D eigenvalue weighted by Crippen LogP contribution is 2.29. The number of hydrogen-bond donors (Lipinski definition) is 1. The summed E-state index contributed by atoms with van der Waals surface area (Å²) in [6, 6.07) is 15.6. The van der Waals surface area contributed by atoms with Crippen LogP contribution in [0.15, 0.2) is 59.2 Å². The summed E-state index contributed by atoms with van der Waals surface area (Å²) in [5.74, 6) is 2.91. The summed E-state index contributed by atoms with van der Waals surface area (Å²) in [6.07, 6.45) is 1.66. The molecular weight excluding hydrogens is 400 g/mol. The van der Waals surface area contributed by atoms with Crippen molar-refractivity contribution in [1.82, 2.24) is 4.90 Å². The largest absolute Gasteiger partial charge is 0.495 e. The number of nitrogens with one attached hydrogen (secondary N) is 1. The van der Waals surface area contributed by atoms with Gasteiger partial charge in [0.2, 0.25) is 0 Å². The molecule has 6 nitrogen and oxygen atoms in total. The second-order valence-corrected chi connectivity index (χ2v) is 7.15. The molecule has 0 aliphatic heterocycles. The van der Waals surface area contributed by atoms with Gasteiger partial charge in [-0.1, -0.05) is 12.1 Å². The number of anilines is 1. The number of methoxy groups -OCH3 is 3. The van der Waals surface area contributed by atoms with E-state index in [9.17, 15) is 0 Å². The van der Waals surface area contributed by atoms with Gasteiger partial charge in [-0.3, -0.25) is 0 Å². The molecular formula is C23H26N2O4S. The van der Waals surface area contributed by atoms with Crippen molar-refractivity contribution in [2.24, 2.45) is 0 Å². The van der Waals surface area contributed by atoms with Crippen LogP contribution in [0.4, 0.5) is 5.69 Å². The molecule has 0 unspecified atom stereocenters. The van der Waals surface area contributed by atoms with Crippen molar-refractivity contribution in [3.63, 3.8) is 0 Å². The number of rotatable bonds is 8. The molecule has 1 N–H and O–H groups in total. The third kappa shape index (κ3) is 5.24. The van der Waals surface area contributed by atoms with Crippen LogP contribution in [0.5, 0.6) is 17.2 Å². The van der Waals surface area contributed by atoms with Gasteiger partial charge in [-0.15, -0.1) is 0 Å². The van der Waals surface area contributed by atoms with E-state index in [2.05, 4.69) is 5.32 Å². The standard InChI is InChI=1S/C23H26N2O4S/c1-16-7-9-19(21(12-16)27-3)24-23(30)25(15-18-6-5-11-29-18)14-17-8-10-20(26-2)22(13-17)28-4/h5-13H,14-15H2,1-4H3,(H,24,30). The summed E-state index contributed by atoms with van der Waals surface area (Å²) in [5.41, 5.74) is 2.95. The Bertz CT molecular complexity index is 989. The molecule has 158 valence electrons. The fourth-order valence-electron chi connectivity index (χ4n) is 3.09. The molecule has 2 aromatic carbocycles. The quantitative estimate of drug-likeness (QED) is 0.508. The maximum atomic E-state index is 5.74. The Morgan fingerprint density at radius 3 is 2.37 bits per heavy atom. The second kappa shape index (κ2) is 10.0. The van der Waals surface area contributed by atoms with Crippen LogP contribution in [-0.2, 0) is 13.1 Å². The van der Waals surface area contributed by atoms with Gasteiger partial charge in [0, 0.05) is 6.54 Å². The lowest BCUT2D eigenvalue weighted by molar-refractivity contribution is 0.347. The number of benzene rings is 2. The molecule has 0 atom stereocenters. The molecule has 0 spiro atoms. The third-order valence-electron chi connectivity index (χ3n) is 4.63. The minimum Gasteiger partial charge on any atom is -0.495 e. The number of ether oxygens (including phenoxy) is 3. The van der Waals surface area contributed by atoms with E-state index in [0.29, 0.717) is 29.7 Å². The van der Waals surface area contributed by atoms with Crippen LogP contribution in [0.25, 0.3) is 0 Å². The number of nitrogens with zero attached hydrogens (tertiary/aromatic N) is 1. The summed E-state index contributed by atoms with van der Waals surface area (Å²) in [4.78, 5) is 2.02. The first-order valence-electron chi connectivity index (χ1n) is 9.48. The molecule has 1 heterocycles. The van der Waals surface area contributed by atoms with Crippen LogP contribution in [-0.4, -0.2) is 31.3 Å². The monoisotopic (exact) mass is 426 g/mol. The molecule has 0 amide bonds. The van der Waals surface area contributed by atoms with E-state index >= 15 is 0 Å². The Labute approximate surface area is 182 Å². The lowest BCUT2D eigenvalue weighted by Gasteiger charge is -2.26. The highest BCUT2D eigenvalue weighted by atomic mass is 32.1. The predicted molar refractivity (Wildman–Crippen MR) is 121 cm³/mol. The van der Waals surface area contributed by atoms with Crippen molar-refractivity contribution >= 4 is 23.0 Å². The van der Waals surface area contributed by atoms with E-state index in [-0.39, 0.29) is 0 Å². The summed E-state index contributed by atoms with van der Waals surface area (Å²) >= 11 is 5.74. The molecule has 0 radical (unpaired) electrons. The van der Waals surface area contributed by atoms with E-state index in [4.69, 9.17) is 30.8 Å². The van der Waals surface area contributed by atoms with Crippen molar-refractivity contribution in [3.8, 4) is 17.2 Å². The molecule has 1 aromatic heterocycles. The molecule has 30 heavy (non-hydrogen) atoms. The maximum absolute atomic E-state index is 5.74. The van der Waals surface area contributed by atoms with Crippen molar-refractivity contribution in [3.05, 3.63) is 71.7 Å². The van der Waals surface area contributed by atoms with Gasteiger partial charge in [0.15, 0.2) is 16.6 Å². The van der Waals surface area contributed by atoms with Crippen molar-refractivity contribution in [1.29, 1.82) is 0 Å². The van der Waals surface area contributed by atoms with Crippen molar-refractivity contribution in [2.75, 3.05) is 26.6 Å². The van der Waals surface area contributed by atoms with Gasteiger partial charge < -0.3 is 28.8 Å². The number of hydrogen-bond acceptors (Lipinski definition) is 5. The molecule has 0 aliphatic rings. The van der Waals surface area contributed by atoms with Gasteiger partial charge >= 0.3 is 0 Å². The lowest BCUT2D eigenvalue weighted by atomic mass is 10.2. The SMILES string of the molecule is COc1cc(C)ccc1NC(=S)N(Cc1ccc(OC)c(OC)c1)Cc1ccco1. The van der Waals surface area contributed by atoms with Gasteiger partial charge in [-0.25, -0.2) is 0 Å². The summed E-state index contributed by atoms with van der Waals surface area (Å²) in [5, 5.41) is 3.87. The van der Waals surface area contributed by atoms with Gasteiger partial charge in [-0.05, 0) is 66.7 Å². The fourth-order valence-corrected chi connectivity index (χ4v) is 3.32. The third-order valence-corrected chi connectivity index (χ3v) is 4.99. The highest BCUT2D eigenvalue weighted by Gasteiger charge is 2.16. The molecule has 0 aliphatic carbocycles. The average molecular weight is 427 g/mol. The molecule has 3 rings (SSSR count). The molecule has 0 fully saturated rings. The first kappa shape index (κ1) is 21.5. The Morgan fingerprint density at radius 1 is 0.933 bits per heavy atom. The average Bonchev–Trinajstić information content (AvgIpc) is 3.27. The van der Waals surface area contributed by atoms with E-state index in [0.717, 1.165) is 28.3 Å². The first-order chi connectivity index (χ1) is 14.5. The molecule has 3 aromatic rings. The Hall–Kier alpha value is -3.19. The zero-order valence-electron chi connectivity index (χ0n) is 17.6. The Balaban J connectivity index is 1.84. The zero-order valence-corrected chi connectivity index (χ0v) is 18.4. The van der Waals surface area contributed by atoms with E-state index in [1.165, 1.54) is 0 Å². The smallest absolute Gasteiger partial charge is 0.174 e. The van der Waals surface area contributed by atoms with E-state index in [1.807, 2.05) is 60.4 Å². The van der Waals surface area contributed by atoms with Crippen LogP contribution < -0.4 is 19.5 Å². The van der Waals surface area contributed by atoms with E-state index in [1.54, 1.807) is 27.6 Å². The van der Waals surface area contributed by atoms with Crippen molar-refractivity contribution in [2.45, 2.75) is 20.0 Å². The van der Waals surface area contributed by atoms with Crippen LogP contribution in [0.3, 0.4) is 0 Å². The van der Waals surface area contributed by atoms with Gasteiger partial charge in [0.1, 0.15) is 11.5 Å². The number of aryl methyl sites for hydroxylation is 1. The topological polar surface area (TPSA) is 56.1 Å².